The van der Waals surface area contributed by atoms with Gasteiger partial charge >= 0.3 is 5.97 Å². The maximum atomic E-state index is 11.7. The summed E-state index contributed by atoms with van der Waals surface area (Å²) in [5.41, 5.74) is 2.48. The first-order valence-electron chi connectivity index (χ1n) is 8.15. The molecule has 0 spiro atoms. The summed E-state index contributed by atoms with van der Waals surface area (Å²) in [5, 5.41) is 3.35. The molecule has 1 saturated heterocycles. The first-order chi connectivity index (χ1) is 10.7. The van der Waals surface area contributed by atoms with Crippen molar-refractivity contribution >= 4 is 5.97 Å². The molecule has 1 aromatic rings. The zero-order valence-electron chi connectivity index (χ0n) is 13.8. The number of carbonyl (C=O) groups excluding carboxylic acids is 1. The quantitative estimate of drug-likeness (QED) is 0.821. The normalized spacial score (nSPS) is 23.0. The van der Waals surface area contributed by atoms with E-state index in [0.29, 0.717) is 5.92 Å². The minimum atomic E-state index is -0.231. The zero-order chi connectivity index (χ0) is 15.9. The second-order valence-corrected chi connectivity index (χ2v) is 6.00. The number of hydrogen-bond acceptors (Lipinski definition) is 4. The molecule has 0 unspecified atom stereocenters. The van der Waals surface area contributed by atoms with E-state index in [2.05, 4.69) is 36.5 Å². The average Bonchev–Trinajstić information content (AvgIpc) is 2.56. The number of aryl methyl sites for hydroxylation is 1. The second kappa shape index (κ2) is 8.30. The van der Waals surface area contributed by atoms with Gasteiger partial charge in [-0.15, -0.1) is 0 Å². The van der Waals surface area contributed by atoms with Gasteiger partial charge in [0.2, 0.25) is 0 Å². The van der Waals surface area contributed by atoms with E-state index in [0.717, 1.165) is 32.4 Å². The molecule has 22 heavy (non-hydrogen) atoms. The van der Waals surface area contributed by atoms with Crippen molar-refractivity contribution in [1.29, 1.82) is 0 Å². The number of ether oxygens (including phenoxy) is 2. The molecule has 4 heteroatoms. The first kappa shape index (κ1) is 17.0. The second-order valence-electron chi connectivity index (χ2n) is 6.00. The van der Waals surface area contributed by atoms with Crippen LogP contribution in [0, 0.1) is 12.8 Å². The fourth-order valence-corrected chi connectivity index (χ4v) is 3.01. The molecule has 0 bridgehead atoms. The van der Waals surface area contributed by atoms with Gasteiger partial charge in [0.05, 0.1) is 13.2 Å². The number of methoxy groups -OCH3 is 1. The molecule has 0 radical (unpaired) electrons. The lowest BCUT2D eigenvalue weighted by molar-refractivity contribution is -0.143. The van der Waals surface area contributed by atoms with Crippen LogP contribution in [-0.4, -0.2) is 32.3 Å². The fourth-order valence-electron chi connectivity index (χ4n) is 3.01. The number of hydrogen-bond donors (Lipinski definition) is 1. The molecule has 122 valence electrons. The number of rotatable bonds is 6. The minimum absolute atomic E-state index is 0.108. The van der Waals surface area contributed by atoms with E-state index in [1.165, 1.54) is 18.2 Å². The largest absolute Gasteiger partial charge is 0.468 e. The van der Waals surface area contributed by atoms with Gasteiger partial charge in [-0.2, -0.15) is 0 Å². The van der Waals surface area contributed by atoms with Gasteiger partial charge in [-0.05, 0) is 31.7 Å². The van der Waals surface area contributed by atoms with Gasteiger partial charge in [0.1, 0.15) is 6.04 Å². The molecule has 2 rings (SSSR count). The van der Waals surface area contributed by atoms with E-state index in [9.17, 15) is 4.79 Å². The van der Waals surface area contributed by atoms with E-state index >= 15 is 0 Å². The van der Waals surface area contributed by atoms with Crippen molar-refractivity contribution in [3.05, 3.63) is 35.4 Å². The minimum Gasteiger partial charge on any atom is -0.468 e. The van der Waals surface area contributed by atoms with Crippen LogP contribution in [-0.2, 0) is 14.3 Å². The van der Waals surface area contributed by atoms with Crippen LogP contribution in [0.25, 0.3) is 0 Å². The average molecular weight is 305 g/mol. The number of esters is 1. The Balaban J connectivity index is 2.00. The van der Waals surface area contributed by atoms with Gasteiger partial charge in [-0.3, -0.25) is 4.79 Å². The third-order valence-electron chi connectivity index (χ3n) is 4.37. The molecular weight excluding hydrogens is 278 g/mol. The Bertz CT molecular complexity index is 472. The monoisotopic (exact) mass is 305 g/mol. The van der Waals surface area contributed by atoms with Crippen molar-refractivity contribution in [2.24, 2.45) is 5.92 Å². The standard InChI is InChI=1S/C18H27NO3/c1-4-16(18(20)21-3)19-12-15-6-5-11-22-17(15)14-9-7-13(2)8-10-14/h7-10,15-17,19H,4-6,11-12H2,1-3H3/t15-,16+,17+/m1/s1. The van der Waals surface area contributed by atoms with Crippen LogP contribution in [0.15, 0.2) is 24.3 Å². The van der Waals surface area contributed by atoms with Crippen LogP contribution < -0.4 is 5.32 Å². The molecule has 0 amide bonds. The Morgan fingerprint density at radius 2 is 2.14 bits per heavy atom. The van der Waals surface area contributed by atoms with E-state index in [4.69, 9.17) is 9.47 Å². The molecule has 1 heterocycles. The molecular formula is C18H27NO3. The molecule has 3 atom stereocenters. The number of carbonyl (C=O) groups is 1. The van der Waals surface area contributed by atoms with E-state index in [1.807, 2.05) is 6.92 Å². The topological polar surface area (TPSA) is 47.6 Å². The highest BCUT2D eigenvalue weighted by Crippen LogP contribution is 2.33. The molecule has 1 fully saturated rings. The van der Waals surface area contributed by atoms with Crippen LogP contribution >= 0.6 is 0 Å². The van der Waals surface area contributed by atoms with Crippen LogP contribution in [0.3, 0.4) is 0 Å². The number of nitrogens with one attached hydrogen (secondary N) is 1. The first-order valence-corrected chi connectivity index (χ1v) is 8.15. The van der Waals surface area contributed by atoms with Crippen LogP contribution in [0.2, 0.25) is 0 Å². The summed E-state index contributed by atoms with van der Waals surface area (Å²) in [6.45, 7) is 5.66. The third-order valence-corrected chi connectivity index (χ3v) is 4.37. The van der Waals surface area contributed by atoms with E-state index in [1.54, 1.807) is 0 Å². The molecule has 1 aliphatic rings. The molecule has 4 nitrogen and oxygen atoms in total. The molecule has 1 N–H and O–H groups in total. The van der Waals surface area contributed by atoms with Crippen molar-refractivity contribution < 1.29 is 14.3 Å². The SMILES string of the molecule is CC[C@H](NC[C@H]1CCCO[C@H]1c1ccc(C)cc1)C(=O)OC. The van der Waals surface area contributed by atoms with E-state index in [-0.39, 0.29) is 18.1 Å². The Morgan fingerprint density at radius 3 is 2.77 bits per heavy atom. The van der Waals surface area contributed by atoms with Crippen LogP contribution in [0.5, 0.6) is 0 Å². The molecule has 1 aromatic carbocycles. The lowest BCUT2D eigenvalue weighted by atomic mass is 9.89. The van der Waals surface area contributed by atoms with Gasteiger partial charge in [-0.1, -0.05) is 36.8 Å². The summed E-state index contributed by atoms with van der Waals surface area (Å²) >= 11 is 0. The summed E-state index contributed by atoms with van der Waals surface area (Å²) in [4.78, 5) is 11.7. The highest BCUT2D eigenvalue weighted by atomic mass is 16.5. The highest BCUT2D eigenvalue weighted by molar-refractivity contribution is 5.75. The van der Waals surface area contributed by atoms with Crippen molar-refractivity contribution in [2.75, 3.05) is 20.3 Å². The van der Waals surface area contributed by atoms with Gasteiger partial charge in [-0.25, -0.2) is 0 Å². The Morgan fingerprint density at radius 1 is 1.41 bits per heavy atom. The van der Waals surface area contributed by atoms with E-state index < -0.39 is 0 Å². The molecule has 0 aliphatic carbocycles. The van der Waals surface area contributed by atoms with Crippen molar-refractivity contribution in [1.82, 2.24) is 5.32 Å². The predicted octanol–water partition coefficient (Wildman–Crippen LogP) is 3.00. The van der Waals surface area contributed by atoms with Gasteiger partial charge in [0, 0.05) is 19.1 Å². The summed E-state index contributed by atoms with van der Waals surface area (Å²) < 4.78 is 10.8. The van der Waals surface area contributed by atoms with Gasteiger partial charge in [0.15, 0.2) is 0 Å². The van der Waals surface area contributed by atoms with Crippen molar-refractivity contribution in [2.45, 2.75) is 45.3 Å². The Labute approximate surface area is 133 Å². The maximum Gasteiger partial charge on any atom is 0.322 e. The van der Waals surface area contributed by atoms with Crippen molar-refractivity contribution in [3.8, 4) is 0 Å². The summed E-state index contributed by atoms with van der Waals surface area (Å²) in [5.74, 6) is 0.196. The Kier molecular flexibility index (Phi) is 6.40. The zero-order valence-corrected chi connectivity index (χ0v) is 13.8. The molecule has 0 saturated carbocycles. The Hall–Kier alpha value is -1.39. The third kappa shape index (κ3) is 4.31. The highest BCUT2D eigenvalue weighted by Gasteiger charge is 2.28. The number of benzene rings is 1. The molecule has 0 aromatic heterocycles. The van der Waals surface area contributed by atoms with Crippen molar-refractivity contribution in [3.63, 3.8) is 0 Å². The summed E-state index contributed by atoms with van der Waals surface area (Å²) in [6.07, 6.45) is 3.03. The predicted molar refractivity (Wildman–Crippen MR) is 86.7 cm³/mol. The van der Waals surface area contributed by atoms with Gasteiger partial charge in [0.25, 0.3) is 0 Å². The smallest absolute Gasteiger partial charge is 0.322 e. The summed E-state index contributed by atoms with van der Waals surface area (Å²) in [6, 6.07) is 8.32. The lowest BCUT2D eigenvalue weighted by Crippen LogP contribution is -2.42. The molecule has 1 aliphatic heterocycles. The lowest BCUT2D eigenvalue weighted by Gasteiger charge is -2.33. The van der Waals surface area contributed by atoms with Crippen LogP contribution in [0.4, 0.5) is 0 Å². The maximum absolute atomic E-state index is 11.7. The summed E-state index contributed by atoms with van der Waals surface area (Å²) in [7, 11) is 1.44. The van der Waals surface area contributed by atoms with Gasteiger partial charge < -0.3 is 14.8 Å². The fraction of sp³-hybridized carbons (Fsp3) is 0.611. The van der Waals surface area contributed by atoms with Crippen LogP contribution in [0.1, 0.15) is 43.4 Å².